The molecule has 0 radical (unpaired) electrons. The van der Waals surface area contributed by atoms with Gasteiger partial charge in [-0.25, -0.2) is 0 Å². The first-order valence-corrected chi connectivity index (χ1v) is 9.78. The summed E-state index contributed by atoms with van der Waals surface area (Å²) in [4.78, 5) is 21.2. The van der Waals surface area contributed by atoms with Gasteiger partial charge in [-0.2, -0.15) is 0 Å². The quantitative estimate of drug-likeness (QED) is 0.661. The van der Waals surface area contributed by atoms with Crippen LogP contribution in [0.5, 0.6) is 0 Å². The number of nitrogens with zero attached hydrogens (tertiary/aromatic N) is 3. The van der Waals surface area contributed by atoms with Crippen molar-refractivity contribution in [2.75, 3.05) is 33.2 Å². The van der Waals surface area contributed by atoms with Crippen LogP contribution in [0.25, 0.3) is 0 Å². The number of rotatable bonds is 10. The van der Waals surface area contributed by atoms with E-state index in [-0.39, 0.29) is 0 Å². The molecule has 1 aromatic heterocycles. The lowest BCUT2D eigenvalue weighted by Gasteiger charge is -2.36. The number of likely N-dealkylation sites (tertiary alicyclic amines) is 1. The summed E-state index contributed by atoms with van der Waals surface area (Å²) in [6.45, 7) is 3.96. The zero-order valence-corrected chi connectivity index (χ0v) is 15.7. The number of nitrogens with two attached hydrogens (primary N) is 1. The van der Waals surface area contributed by atoms with E-state index in [4.69, 9.17) is 5.73 Å². The summed E-state index contributed by atoms with van der Waals surface area (Å²) in [5, 5.41) is 0. The Hall–Kier alpha value is -1.46. The smallest absolute Gasteiger partial charge is 0.222 e. The lowest BCUT2D eigenvalue weighted by molar-refractivity contribution is -0.133. The highest BCUT2D eigenvalue weighted by Crippen LogP contribution is 2.17. The van der Waals surface area contributed by atoms with Gasteiger partial charge in [0.2, 0.25) is 5.91 Å². The van der Waals surface area contributed by atoms with Gasteiger partial charge in [0.05, 0.1) is 0 Å². The number of unbranched alkanes of at least 4 members (excludes halogenated alkanes) is 3. The van der Waals surface area contributed by atoms with Crippen LogP contribution in [0.3, 0.4) is 0 Å². The molecule has 1 amide bonds. The fourth-order valence-corrected chi connectivity index (χ4v) is 3.50. The Morgan fingerprint density at radius 1 is 1.24 bits per heavy atom. The van der Waals surface area contributed by atoms with Gasteiger partial charge in [-0.05, 0) is 44.4 Å². The molecule has 5 heteroatoms. The monoisotopic (exact) mass is 346 g/mol. The molecule has 0 unspecified atom stereocenters. The first-order valence-electron chi connectivity index (χ1n) is 9.78. The van der Waals surface area contributed by atoms with Crippen molar-refractivity contribution in [2.45, 2.75) is 57.4 Å². The van der Waals surface area contributed by atoms with E-state index >= 15 is 0 Å². The second kappa shape index (κ2) is 11.2. The van der Waals surface area contributed by atoms with Crippen LogP contribution in [0, 0.1) is 0 Å². The first kappa shape index (κ1) is 19.9. The van der Waals surface area contributed by atoms with E-state index in [1.165, 1.54) is 0 Å². The summed E-state index contributed by atoms with van der Waals surface area (Å²) in [7, 11) is 1.98. The van der Waals surface area contributed by atoms with Gasteiger partial charge in [0.1, 0.15) is 0 Å². The third-order valence-corrected chi connectivity index (χ3v) is 5.25. The molecule has 25 heavy (non-hydrogen) atoms. The number of amides is 1. The highest BCUT2D eigenvalue weighted by molar-refractivity contribution is 5.76. The molecule has 140 valence electrons. The van der Waals surface area contributed by atoms with E-state index in [1.54, 1.807) is 0 Å². The third-order valence-electron chi connectivity index (χ3n) is 5.25. The van der Waals surface area contributed by atoms with Gasteiger partial charge in [0, 0.05) is 57.5 Å². The SMILES string of the molecule is CN(C(=O)CCCCCCN)C1CCN(CCc2ccccn2)CC1. The van der Waals surface area contributed by atoms with Gasteiger partial charge < -0.3 is 15.5 Å². The van der Waals surface area contributed by atoms with Crippen molar-refractivity contribution in [3.63, 3.8) is 0 Å². The standard InChI is InChI=1S/C20H34N4O/c1-23(20(25)9-4-2-3-6-13-21)19-11-16-24(17-12-19)15-10-18-8-5-7-14-22-18/h5,7-8,14,19H,2-4,6,9-13,15-17,21H2,1H3. The summed E-state index contributed by atoms with van der Waals surface area (Å²) in [5.74, 6) is 0.305. The van der Waals surface area contributed by atoms with Crippen molar-refractivity contribution in [1.82, 2.24) is 14.8 Å². The molecule has 0 spiro atoms. The summed E-state index contributed by atoms with van der Waals surface area (Å²) < 4.78 is 0. The molecule has 2 rings (SSSR count). The van der Waals surface area contributed by atoms with Crippen LogP contribution in [0.2, 0.25) is 0 Å². The summed E-state index contributed by atoms with van der Waals surface area (Å²) in [5.41, 5.74) is 6.66. The number of hydrogen-bond donors (Lipinski definition) is 1. The van der Waals surface area contributed by atoms with E-state index in [2.05, 4.69) is 16.0 Å². The number of aromatic nitrogens is 1. The topological polar surface area (TPSA) is 62.5 Å². The maximum Gasteiger partial charge on any atom is 0.222 e. The number of carbonyl (C=O) groups excluding carboxylic acids is 1. The van der Waals surface area contributed by atoms with Crippen molar-refractivity contribution in [1.29, 1.82) is 0 Å². The predicted molar refractivity (Wildman–Crippen MR) is 102 cm³/mol. The van der Waals surface area contributed by atoms with Gasteiger partial charge in [-0.1, -0.05) is 18.9 Å². The molecule has 0 aliphatic carbocycles. The minimum absolute atomic E-state index is 0.305. The molecule has 1 aromatic rings. The molecule has 2 N–H and O–H groups in total. The molecular weight excluding hydrogens is 312 g/mol. The van der Waals surface area contributed by atoms with Crippen molar-refractivity contribution < 1.29 is 4.79 Å². The average molecular weight is 347 g/mol. The lowest BCUT2D eigenvalue weighted by atomic mass is 10.0. The molecule has 1 aliphatic rings. The van der Waals surface area contributed by atoms with Crippen molar-refractivity contribution in [3.05, 3.63) is 30.1 Å². The van der Waals surface area contributed by atoms with Gasteiger partial charge in [-0.15, -0.1) is 0 Å². The van der Waals surface area contributed by atoms with Crippen LogP contribution in [0.4, 0.5) is 0 Å². The Labute approximate surface area is 152 Å². The van der Waals surface area contributed by atoms with E-state index < -0.39 is 0 Å². The molecule has 0 atom stereocenters. The summed E-state index contributed by atoms with van der Waals surface area (Å²) in [6, 6.07) is 6.50. The Morgan fingerprint density at radius 3 is 2.68 bits per heavy atom. The fourth-order valence-electron chi connectivity index (χ4n) is 3.50. The molecule has 1 fully saturated rings. The van der Waals surface area contributed by atoms with Gasteiger partial charge >= 0.3 is 0 Å². The second-order valence-electron chi connectivity index (χ2n) is 7.10. The molecule has 1 aliphatic heterocycles. The largest absolute Gasteiger partial charge is 0.343 e. The van der Waals surface area contributed by atoms with Crippen LogP contribution >= 0.6 is 0 Å². The molecule has 1 saturated heterocycles. The number of carbonyl (C=O) groups is 1. The van der Waals surface area contributed by atoms with Crippen LogP contribution in [-0.2, 0) is 11.2 Å². The Bertz CT molecular complexity index is 486. The Morgan fingerprint density at radius 2 is 2.00 bits per heavy atom. The van der Waals surface area contributed by atoms with E-state index in [0.717, 1.165) is 76.8 Å². The zero-order chi connectivity index (χ0) is 17.9. The molecule has 5 nitrogen and oxygen atoms in total. The molecule has 0 aromatic carbocycles. The van der Waals surface area contributed by atoms with Gasteiger partial charge in [0.25, 0.3) is 0 Å². The van der Waals surface area contributed by atoms with E-state index in [9.17, 15) is 4.79 Å². The fraction of sp³-hybridized carbons (Fsp3) is 0.700. The average Bonchev–Trinajstić information content (AvgIpc) is 2.66. The summed E-state index contributed by atoms with van der Waals surface area (Å²) >= 11 is 0. The summed E-state index contributed by atoms with van der Waals surface area (Å²) in [6.07, 6.45) is 10.0. The van der Waals surface area contributed by atoms with Crippen molar-refractivity contribution in [3.8, 4) is 0 Å². The minimum Gasteiger partial charge on any atom is -0.343 e. The zero-order valence-electron chi connectivity index (χ0n) is 15.7. The Kier molecular flexibility index (Phi) is 8.91. The number of pyridine rings is 1. The maximum absolute atomic E-state index is 12.3. The van der Waals surface area contributed by atoms with Crippen LogP contribution in [0.1, 0.15) is 50.6 Å². The molecule has 0 bridgehead atoms. The molecular formula is C20H34N4O. The normalized spacial score (nSPS) is 16.1. The second-order valence-corrected chi connectivity index (χ2v) is 7.10. The van der Waals surface area contributed by atoms with Crippen molar-refractivity contribution >= 4 is 5.91 Å². The van der Waals surface area contributed by atoms with E-state index in [1.807, 2.05) is 30.3 Å². The number of piperidine rings is 1. The molecule has 2 heterocycles. The van der Waals surface area contributed by atoms with Crippen LogP contribution < -0.4 is 5.73 Å². The van der Waals surface area contributed by atoms with E-state index in [0.29, 0.717) is 18.4 Å². The molecule has 0 saturated carbocycles. The highest BCUT2D eigenvalue weighted by atomic mass is 16.2. The van der Waals surface area contributed by atoms with Crippen LogP contribution in [0.15, 0.2) is 24.4 Å². The third kappa shape index (κ3) is 7.12. The predicted octanol–water partition coefficient (Wildman–Crippen LogP) is 2.46. The van der Waals surface area contributed by atoms with Gasteiger partial charge in [-0.3, -0.25) is 9.78 Å². The minimum atomic E-state index is 0.305. The first-order chi connectivity index (χ1) is 12.2. The lowest BCUT2D eigenvalue weighted by Crippen LogP contribution is -2.46. The van der Waals surface area contributed by atoms with Gasteiger partial charge in [0.15, 0.2) is 0 Å². The van der Waals surface area contributed by atoms with Crippen molar-refractivity contribution in [2.24, 2.45) is 5.73 Å². The number of hydrogen-bond acceptors (Lipinski definition) is 4. The van der Waals surface area contributed by atoms with Crippen LogP contribution in [-0.4, -0.2) is 60.0 Å². The highest BCUT2D eigenvalue weighted by Gasteiger charge is 2.24. The Balaban J connectivity index is 1.62. The maximum atomic E-state index is 12.3.